The van der Waals surface area contributed by atoms with Crippen LogP contribution >= 0.6 is 0 Å². The van der Waals surface area contributed by atoms with Crippen LogP contribution in [0.25, 0.3) is 0 Å². The van der Waals surface area contributed by atoms with Crippen molar-refractivity contribution >= 4 is 5.96 Å². The number of hydrogen-bond donors (Lipinski definition) is 1. The topological polar surface area (TPSA) is 46.1 Å². The monoisotopic (exact) mass is 387 g/mol. The van der Waals surface area contributed by atoms with E-state index >= 15 is 0 Å². The maximum atomic E-state index is 5.69. The second-order valence-corrected chi connectivity index (χ2v) is 8.86. The number of ether oxygens (including phenoxy) is 2. The van der Waals surface area contributed by atoms with Crippen molar-refractivity contribution in [1.29, 1.82) is 0 Å². The summed E-state index contributed by atoms with van der Waals surface area (Å²) >= 11 is 0. The van der Waals surface area contributed by atoms with E-state index in [9.17, 15) is 0 Å². The van der Waals surface area contributed by atoms with Crippen LogP contribution in [0.3, 0.4) is 0 Å². The van der Waals surface area contributed by atoms with E-state index in [-0.39, 0.29) is 5.41 Å². The Bertz CT molecular complexity index is 648. The van der Waals surface area contributed by atoms with Crippen LogP contribution in [0.5, 0.6) is 5.75 Å². The van der Waals surface area contributed by atoms with Gasteiger partial charge in [0.25, 0.3) is 0 Å². The first-order chi connectivity index (χ1) is 13.5. The first-order valence-electron chi connectivity index (χ1n) is 10.8. The van der Waals surface area contributed by atoms with Gasteiger partial charge in [-0.05, 0) is 56.2 Å². The van der Waals surface area contributed by atoms with E-state index in [1.165, 1.54) is 12.0 Å². The molecule has 1 aromatic carbocycles. The number of nitrogens with zero attached hydrogens (tertiary/aromatic N) is 2. The minimum atomic E-state index is 0.0406. The van der Waals surface area contributed by atoms with E-state index < -0.39 is 0 Å². The summed E-state index contributed by atoms with van der Waals surface area (Å²) in [5.41, 5.74) is 1.75. The third kappa shape index (κ3) is 4.99. The number of rotatable bonds is 6. The van der Waals surface area contributed by atoms with Gasteiger partial charge in [0, 0.05) is 38.3 Å². The molecule has 1 N–H and O–H groups in total. The van der Waals surface area contributed by atoms with Gasteiger partial charge in [0.1, 0.15) is 5.75 Å². The standard InChI is InChI=1S/C23H37N3O2/c1-5-24-21(26-14-11-22(3,4)18-26)25-17-23(12-15-27-16-13-23)19-7-9-20(10-8-19)28-6-2/h7-10H,5-6,11-18H2,1-4H3,(H,24,25). The molecule has 0 aliphatic carbocycles. The number of likely N-dealkylation sites (tertiary alicyclic amines) is 1. The molecule has 0 bridgehead atoms. The summed E-state index contributed by atoms with van der Waals surface area (Å²) in [7, 11) is 0. The summed E-state index contributed by atoms with van der Waals surface area (Å²) in [5.74, 6) is 1.99. The molecule has 0 unspecified atom stereocenters. The lowest BCUT2D eigenvalue weighted by Gasteiger charge is -2.37. The highest BCUT2D eigenvalue weighted by Gasteiger charge is 2.36. The van der Waals surface area contributed by atoms with Gasteiger partial charge in [-0.15, -0.1) is 0 Å². The lowest BCUT2D eigenvalue weighted by atomic mass is 9.74. The highest BCUT2D eigenvalue weighted by atomic mass is 16.5. The average Bonchev–Trinajstić information content (AvgIpc) is 3.06. The summed E-state index contributed by atoms with van der Waals surface area (Å²) in [6.07, 6.45) is 3.24. The zero-order valence-electron chi connectivity index (χ0n) is 18.1. The summed E-state index contributed by atoms with van der Waals surface area (Å²) in [6, 6.07) is 8.62. The van der Waals surface area contributed by atoms with Gasteiger partial charge in [0.15, 0.2) is 5.96 Å². The lowest BCUT2D eigenvalue weighted by molar-refractivity contribution is 0.0530. The Morgan fingerprint density at radius 1 is 1.14 bits per heavy atom. The van der Waals surface area contributed by atoms with Crippen molar-refractivity contribution in [2.75, 3.05) is 46.0 Å². The quantitative estimate of drug-likeness (QED) is 0.595. The highest BCUT2D eigenvalue weighted by Crippen LogP contribution is 2.36. The zero-order valence-corrected chi connectivity index (χ0v) is 18.1. The lowest BCUT2D eigenvalue weighted by Crippen LogP contribution is -2.43. The molecular formula is C23H37N3O2. The number of guanidine groups is 1. The third-order valence-corrected chi connectivity index (χ3v) is 6.07. The Morgan fingerprint density at radius 2 is 1.86 bits per heavy atom. The van der Waals surface area contributed by atoms with Crippen LogP contribution < -0.4 is 10.1 Å². The summed E-state index contributed by atoms with van der Waals surface area (Å²) < 4.78 is 11.3. The molecular weight excluding hydrogens is 350 g/mol. The predicted molar refractivity (Wildman–Crippen MR) is 115 cm³/mol. The van der Waals surface area contributed by atoms with Crippen molar-refractivity contribution in [2.45, 2.75) is 52.4 Å². The van der Waals surface area contributed by atoms with Gasteiger partial charge in [-0.2, -0.15) is 0 Å². The molecule has 0 saturated carbocycles. The zero-order chi connectivity index (χ0) is 20.0. The van der Waals surface area contributed by atoms with Gasteiger partial charge in [-0.3, -0.25) is 4.99 Å². The first-order valence-corrected chi connectivity index (χ1v) is 10.8. The fourth-order valence-corrected chi connectivity index (χ4v) is 4.32. The summed E-state index contributed by atoms with van der Waals surface area (Å²) in [5, 5.41) is 3.52. The molecule has 2 saturated heterocycles. The maximum Gasteiger partial charge on any atom is 0.193 e. The van der Waals surface area contributed by atoms with Gasteiger partial charge in [0.05, 0.1) is 13.2 Å². The number of nitrogens with one attached hydrogen (secondary N) is 1. The summed E-state index contributed by atoms with van der Waals surface area (Å²) in [4.78, 5) is 7.56. The van der Waals surface area contributed by atoms with Crippen LogP contribution in [-0.2, 0) is 10.2 Å². The molecule has 0 atom stereocenters. The molecule has 156 valence electrons. The van der Waals surface area contributed by atoms with Crippen molar-refractivity contribution in [2.24, 2.45) is 10.4 Å². The maximum absolute atomic E-state index is 5.69. The van der Waals surface area contributed by atoms with Gasteiger partial charge < -0.3 is 19.7 Å². The Balaban J connectivity index is 1.81. The molecule has 1 aromatic rings. The predicted octanol–water partition coefficient (Wildman–Crippen LogP) is 3.83. The smallest absolute Gasteiger partial charge is 0.193 e. The van der Waals surface area contributed by atoms with E-state index in [4.69, 9.17) is 14.5 Å². The molecule has 3 rings (SSSR count). The molecule has 0 aromatic heterocycles. The number of hydrogen-bond acceptors (Lipinski definition) is 3. The van der Waals surface area contributed by atoms with Crippen LogP contribution in [0.2, 0.25) is 0 Å². The fourth-order valence-electron chi connectivity index (χ4n) is 4.32. The van der Waals surface area contributed by atoms with E-state index in [1.807, 2.05) is 6.92 Å². The van der Waals surface area contributed by atoms with Gasteiger partial charge in [-0.25, -0.2) is 0 Å². The third-order valence-electron chi connectivity index (χ3n) is 6.07. The van der Waals surface area contributed by atoms with Gasteiger partial charge in [0.2, 0.25) is 0 Å². The summed E-state index contributed by atoms with van der Waals surface area (Å²) in [6.45, 7) is 15.0. The van der Waals surface area contributed by atoms with Crippen LogP contribution in [0.1, 0.15) is 52.5 Å². The largest absolute Gasteiger partial charge is 0.494 e. The molecule has 28 heavy (non-hydrogen) atoms. The van der Waals surface area contributed by atoms with Crippen molar-refractivity contribution in [3.63, 3.8) is 0 Å². The van der Waals surface area contributed by atoms with Crippen LogP contribution in [0, 0.1) is 5.41 Å². The molecule has 0 spiro atoms. The van der Waals surface area contributed by atoms with Crippen molar-refractivity contribution < 1.29 is 9.47 Å². The van der Waals surface area contributed by atoms with Crippen LogP contribution in [0.15, 0.2) is 29.3 Å². The molecule has 2 heterocycles. The number of aliphatic imine (C=N–C) groups is 1. The molecule has 0 radical (unpaired) electrons. The molecule has 5 heteroatoms. The second-order valence-electron chi connectivity index (χ2n) is 8.86. The van der Waals surface area contributed by atoms with Crippen LogP contribution in [-0.4, -0.2) is 56.9 Å². The number of benzene rings is 1. The van der Waals surface area contributed by atoms with E-state index in [0.717, 1.165) is 63.9 Å². The Kier molecular flexibility index (Phi) is 6.86. The van der Waals surface area contributed by atoms with Crippen LogP contribution in [0.4, 0.5) is 0 Å². The van der Waals surface area contributed by atoms with Crippen molar-refractivity contribution in [3.05, 3.63) is 29.8 Å². The molecule has 2 fully saturated rings. The second kappa shape index (κ2) is 9.17. The first kappa shape index (κ1) is 21.0. The average molecular weight is 388 g/mol. The van der Waals surface area contributed by atoms with E-state index in [0.29, 0.717) is 12.0 Å². The Morgan fingerprint density at radius 3 is 2.43 bits per heavy atom. The SMILES string of the molecule is CCNC(=NCC1(c2ccc(OCC)cc2)CCOCC1)N1CCC(C)(C)C1. The molecule has 0 amide bonds. The van der Waals surface area contributed by atoms with E-state index in [1.54, 1.807) is 0 Å². The minimum absolute atomic E-state index is 0.0406. The molecule has 2 aliphatic heterocycles. The Hall–Kier alpha value is -1.75. The fraction of sp³-hybridized carbons (Fsp3) is 0.696. The van der Waals surface area contributed by atoms with Gasteiger partial charge in [-0.1, -0.05) is 26.0 Å². The van der Waals surface area contributed by atoms with Crippen molar-refractivity contribution in [1.82, 2.24) is 10.2 Å². The van der Waals surface area contributed by atoms with E-state index in [2.05, 4.69) is 55.3 Å². The highest BCUT2D eigenvalue weighted by molar-refractivity contribution is 5.80. The minimum Gasteiger partial charge on any atom is -0.494 e. The normalized spacial score (nSPS) is 21.6. The molecule has 2 aliphatic rings. The molecule has 5 nitrogen and oxygen atoms in total. The Labute approximate surface area is 170 Å². The van der Waals surface area contributed by atoms with Crippen molar-refractivity contribution in [3.8, 4) is 5.75 Å². The van der Waals surface area contributed by atoms with Gasteiger partial charge >= 0.3 is 0 Å².